The molecule has 0 radical (unpaired) electrons. The van der Waals surface area contributed by atoms with E-state index in [0.29, 0.717) is 32.8 Å². The van der Waals surface area contributed by atoms with Crippen LogP contribution in [0.25, 0.3) is 6.08 Å². The number of aromatic hydroxyl groups is 1. The van der Waals surface area contributed by atoms with Crippen LogP contribution in [0.4, 0.5) is 5.69 Å². The second-order valence-corrected chi connectivity index (χ2v) is 10.1. The van der Waals surface area contributed by atoms with E-state index >= 15 is 0 Å². The van der Waals surface area contributed by atoms with Crippen molar-refractivity contribution in [2.45, 2.75) is 18.2 Å². The molecule has 1 aliphatic heterocycles. The molecule has 2 amide bonds. The normalized spacial score (nSPS) is 15.2. The van der Waals surface area contributed by atoms with E-state index in [4.69, 9.17) is 22.1 Å². The molecule has 2 aromatic rings. The van der Waals surface area contributed by atoms with Gasteiger partial charge in [-0.1, -0.05) is 30.0 Å². The highest BCUT2D eigenvalue weighted by Crippen LogP contribution is 2.34. The van der Waals surface area contributed by atoms with Crippen molar-refractivity contribution in [3.63, 3.8) is 0 Å². The molecule has 33 heavy (non-hydrogen) atoms. The van der Waals surface area contributed by atoms with Gasteiger partial charge in [-0.25, -0.2) is 13.6 Å². The summed E-state index contributed by atoms with van der Waals surface area (Å²) < 4.78 is 28.3. The van der Waals surface area contributed by atoms with Gasteiger partial charge in [0.1, 0.15) is 4.32 Å². The minimum absolute atomic E-state index is 0.00635. The number of amides is 2. The Labute approximate surface area is 200 Å². The first-order valence-corrected chi connectivity index (χ1v) is 12.5. The van der Waals surface area contributed by atoms with Gasteiger partial charge in [0.2, 0.25) is 15.9 Å². The number of nitrogens with zero attached hydrogens (tertiary/aromatic N) is 1. The molecule has 9 nitrogen and oxygen atoms in total. The Morgan fingerprint density at radius 2 is 1.97 bits per heavy atom. The molecule has 1 heterocycles. The lowest BCUT2D eigenvalue weighted by atomic mass is 10.2. The molecule has 0 spiro atoms. The van der Waals surface area contributed by atoms with Gasteiger partial charge in [0.15, 0.2) is 11.5 Å². The molecule has 1 fully saturated rings. The molecule has 0 aliphatic carbocycles. The molecule has 0 atom stereocenters. The largest absolute Gasteiger partial charge is 0.504 e. The van der Waals surface area contributed by atoms with Crippen molar-refractivity contribution in [3.8, 4) is 11.5 Å². The predicted molar refractivity (Wildman–Crippen MR) is 130 cm³/mol. The van der Waals surface area contributed by atoms with Crippen molar-refractivity contribution in [1.29, 1.82) is 0 Å². The first-order chi connectivity index (χ1) is 15.6. The molecule has 12 heteroatoms. The van der Waals surface area contributed by atoms with Gasteiger partial charge >= 0.3 is 0 Å². The van der Waals surface area contributed by atoms with Crippen molar-refractivity contribution in [2.75, 3.05) is 18.5 Å². The summed E-state index contributed by atoms with van der Waals surface area (Å²) in [5.74, 6) is -0.361. The Morgan fingerprint density at radius 1 is 1.27 bits per heavy atom. The quantitative estimate of drug-likeness (QED) is 0.366. The number of hydrogen-bond acceptors (Lipinski definition) is 8. The van der Waals surface area contributed by atoms with Crippen molar-refractivity contribution < 1.29 is 27.9 Å². The van der Waals surface area contributed by atoms with Crippen LogP contribution in [0.15, 0.2) is 52.3 Å². The molecule has 3 rings (SSSR count). The van der Waals surface area contributed by atoms with Gasteiger partial charge in [0.05, 0.1) is 16.4 Å². The van der Waals surface area contributed by atoms with Crippen molar-refractivity contribution in [1.82, 2.24) is 4.90 Å². The van der Waals surface area contributed by atoms with E-state index in [0.717, 1.165) is 11.8 Å². The fourth-order valence-electron chi connectivity index (χ4n) is 2.90. The molecule has 4 N–H and O–H groups in total. The van der Waals surface area contributed by atoms with Gasteiger partial charge in [0.25, 0.3) is 5.91 Å². The highest BCUT2D eigenvalue weighted by molar-refractivity contribution is 8.26. The number of phenols is 1. The number of benzene rings is 2. The number of sulfonamides is 1. The van der Waals surface area contributed by atoms with E-state index in [9.17, 15) is 23.1 Å². The smallest absolute Gasteiger partial charge is 0.266 e. The predicted octanol–water partition coefficient (Wildman–Crippen LogP) is 2.67. The van der Waals surface area contributed by atoms with Crippen LogP contribution >= 0.6 is 24.0 Å². The number of carbonyl (C=O) groups is 2. The summed E-state index contributed by atoms with van der Waals surface area (Å²) in [6.45, 7) is 2.27. The van der Waals surface area contributed by atoms with Gasteiger partial charge in [0, 0.05) is 18.7 Å². The molecular formula is C21H21N3O6S3. The van der Waals surface area contributed by atoms with E-state index < -0.39 is 10.0 Å². The zero-order valence-electron chi connectivity index (χ0n) is 17.5. The average molecular weight is 508 g/mol. The minimum atomic E-state index is -3.82. The molecule has 1 saturated heterocycles. The number of carbonyl (C=O) groups excluding carboxylic acids is 2. The lowest BCUT2D eigenvalue weighted by Crippen LogP contribution is -2.31. The molecule has 0 unspecified atom stereocenters. The van der Waals surface area contributed by atoms with Gasteiger partial charge < -0.3 is 15.2 Å². The number of ether oxygens (including phenoxy) is 1. The Balaban J connectivity index is 1.61. The summed E-state index contributed by atoms with van der Waals surface area (Å²) in [6.07, 6.45) is 1.64. The van der Waals surface area contributed by atoms with Crippen molar-refractivity contribution >= 4 is 61.9 Å². The fourth-order valence-corrected chi connectivity index (χ4v) is 4.72. The van der Waals surface area contributed by atoms with Crippen LogP contribution in [0.5, 0.6) is 11.5 Å². The number of nitrogens with two attached hydrogens (primary N) is 1. The molecule has 0 bridgehead atoms. The summed E-state index contributed by atoms with van der Waals surface area (Å²) in [7, 11) is -3.82. The van der Waals surface area contributed by atoms with Crippen LogP contribution in [-0.2, 0) is 19.6 Å². The average Bonchev–Trinajstić information content (AvgIpc) is 3.01. The summed E-state index contributed by atoms with van der Waals surface area (Å²) in [5.41, 5.74) is 1.06. The number of anilines is 1. The van der Waals surface area contributed by atoms with Crippen LogP contribution in [0.1, 0.15) is 18.9 Å². The summed E-state index contributed by atoms with van der Waals surface area (Å²) in [6, 6.07) is 10.2. The number of thiocarbonyl (C=S) groups is 1. The second-order valence-electron chi connectivity index (χ2n) is 6.86. The number of primary sulfonamides is 1. The van der Waals surface area contributed by atoms with Gasteiger partial charge in [-0.3, -0.25) is 14.5 Å². The third kappa shape index (κ3) is 6.32. The van der Waals surface area contributed by atoms with E-state index in [1.54, 1.807) is 25.1 Å². The highest BCUT2D eigenvalue weighted by Gasteiger charge is 2.32. The summed E-state index contributed by atoms with van der Waals surface area (Å²) in [5, 5.41) is 17.5. The monoisotopic (exact) mass is 507 g/mol. The zero-order chi connectivity index (χ0) is 24.2. The third-order valence-electron chi connectivity index (χ3n) is 4.48. The second kappa shape index (κ2) is 10.3. The number of thioether (sulfide) groups is 1. The lowest BCUT2D eigenvalue weighted by molar-refractivity contribution is -0.122. The zero-order valence-corrected chi connectivity index (χ0v) is 19.9. The van der Waals surface area contributed by atoms with E-state index in [-0.39, 0.29) is 35.4 Å². The van der Waals surface area contributed by atoms with Gasteiger partial charge in [-0.15, -0.1) is 0 Å². The van der Waals surface area contributed by atoms with Crippen LogP contribution in [0.3, 0.4) is 0 Å². The Bertz CT molecular complexity index is 1230. The third-order valence-corrected chi connectivity index (χ3v) is 6.79. The van der Waals surface area contributed by atoms with Gasteiger partial charge in [-0.2, -0.15) is 0 Å². The van der Waals surface area contributed by atoms with Crippen LogP contribution in [-0.4, -0.2) is 47.7 Å². The van der Waals surface area contributed by atoms with Gasteiger partial charge in [-0.05, 0) is 55.0 Å². The Morgan fingerprint density at radius 3 is 2.61 bits per heavy atom. The first kappa shape index (κ1) is 24.7. The van der Waals surface area contributed by atoms with Crippen molar-refractivity contribution in [2.24, 2.45) is 5.14 Å². The standard InChI is InChI=1S/C21H21N3O6S3/c1-2-30-17-11-13(3-8-16(17)25)12-18-20(27)24(21(31)32-18)10-9-19(26)23-14-4-6-15(7-5-14)33(22,28)29/h3-8,11-12,25H,2,9-10H2,1H3,(H,23,26)(H2,22,28,29)/b18-12-. The topological polar surface area (TPSA) is 139 Å². The van der Waals surface area contributed by atoms with E-state index in [1.807, 2.05) is 0 Å². The molecule has 0 aromatic heterocycles. The molecular weight excluding hydrogens is 486 g/mol. The molecule has 1 aliphatic rings. The maximum atomic E-state index is 12.8. The number of rotatable bonds is 8. The Hall–Kier alpha value is -2.93. The van der Waals surface area contributed by atoms with E-state index in [2.05, 4.69) is 5.32 Å². The molecule has 0 saturated carbocycles. The number of phenolic OH excluding ortho intramolecular Hbond substituents is 1. The SMILES string of the molecule is CCOc1cc(/C=C2\SC(=S)N(CCC(=O)Nc3ccc(S(N)(=O)=O)cc3)C2=O)ccc1O. The highest BCUT2D eigenvalue weighted by atomic mass is 32.2. The number of nitrogens with one attached hydrogen (secondary N) is 1. The first-order valence-electron chi connectivity index (χ1n) is 9.72. The maximum Gasteiger partial charge on any atom is 0.266 e. The summed E-state index contributed by atoms with van der Waals surface area (Å²) in [4.78, 5) is 26.7. The Kier molecular flexibility index (Phi) is 7.74. The molecule has 174 valence electrons. The number of hydrogen-bond donors (Lipinski definition) is 3. The fraction of sp³-hybridized carbons (Fsp3) is 0.190. The minimum Gasteiger partial charge on any atom is -0.504 e. The van der Waals surface area contributed by atoms with Crippen LogP contribution < -0.4 is 15.2 Å². The molecule has 2 aromatic carbocycles. The van der Waals surface area contributed by atoms with Crippen molar-refractivity contribution in [3.05, 3.63) is 52.9 Å². The lowest BCUT2D eigenvalue weighted by Gasteiger charge is -2.14. The maximum absolute atomic E-state index is 12.8. The van der Waals surface area contributed by atoms with Crippen LogP contribution in [0, 0.1) is 0 Å². The van der Waals surface area contributed by atoms with E-state index in [1.165, 1.54) is 35.2 Å². The summed E-state index contributed by atoms with van der Waals surface area (Å²) >= 11 is 6.42. The van der Waals surface area contributed by atoms with Crippen LogP contribution in [0.2, 0.25) is 0 Å².